The van der Waals surface area contributed by atoms with Gasteiger partial charge in [-0.05, 0) is 57.0 Å². The Labute approximate surface area is 153 Å². The van der Waals surface area contributed by atoms with E-state index in [1.165, 1.54) is 18.3 Å². The average Bonchev–Trinajstić information content (AvgIpc) is 3.18. The lowest BCUT2D eigenvalue weighted by atomic mass is 9.78. The molecule has 2 amide bonds. The van der Waals surface area contributed by atoms with Gasteiger partial charge in [0.2, 0.25) is 11.8 Å². The van der Waals surface area contributed by atoms with Gasteiger partial charge in [-0.15, -0.1) is 11.3 Å². The highest BCUT2D eigenvalue weighted by Crippen LogP contribution is 2.40. The molecule has 2 fully saturated rings. The number of rotatable bonds is 4. The second-order valence-corrected chi connectivity index (χ2v) is 8.50. The minimum atomic E-state index is -0.378. The molecular formula is C19H26N2O3S. The summed E-state index contributed by atoms with van der Waals surface area (Å²) in [6.45, 7) is 7.67. The van der Waals surface area contributed by atoms with E-state index < -0.39 is 0 Å². The second-order valence-electron chi connectivity index (χ2n) is 7.59. The summed E-state index contributed by atoms with van der Waals surface area (Å²) in [5.74, 6) is 0.308. The highest BCUT2D eigenvalue weighted by atomic mass is 32.1. The van der Waals surface area contributed by atoms with Crippen LogP contribution < -0.4 is 0 Å². The van der Waals surface area contributed by atoms with Gasteiger partial charge in [-0.3, -0.25) is 14.4 Å². The van der Waals surface area contributed by atoms with Crippen molar-refractivity contribution in [1.82, 2.24) is 9.80 Å². The lowest BCUT2D eigenvalue weighted by Crippen LogP contribution is -2.52. The first-order valence-corrected chi connectivity index (χ1v) is 9.87. The maximum atomic E-state index is 12.9. The highest BCUT2D eigenvalue weighted by molar-refractivity contribution is 7.12. The fourth-order valence-electron chi connectivity index (χ4n) is 4.00. The van der Waals surface area contributed by atoms with Crippen LogP contribution in [0.2, 0.25) is 0 Å². The molecule has 3 rings (SSSR count). The number of carbonyl (C=O) groups is 3. The number of likely N-dealkylation sites (tertiary alicyclic amines) is 2. The smallest absolute Gasteiger partial charge is 0.230 e. The minimum Gasteiger partial charge on any atom is -0.341 e. The molecule has 0 N–H and O–H groups in total. The van der Waals surface area contributed by atoms with Crippen molar-refractivity contribution in [3.05, 3.63) is 21.9 Å². The first-order valence-electron chi connectivity index (χ1n) is 8.99. The number of hydrogen-bond donors (Lipinski definition) is 0. The van der Waals surface area contributed by atoms with Crippen molar-refractivity contribution in [2.45, 2.75) is 52.5 Å². The average molecular weight is 362 g/mol. The van der Waals surface area contributed by atoms with Crippen molar-refractivity contribution in [2.75, 3.05) is 19.6 Å². The molecule has 0 saturated carbocycles. The van der Waals surface area contributed by atoms with Crippen molar-refractivity contribution in [2.24, 2.45) is 5.41 Å². The Balaban J connectivity index is 1.66. The van der Waals surface area contributed by atoms with Crippen LogP contribution in [0.5, 0.6) is 0 Å². The van der Waals surface area contributed by atoms with Crippen molar-refractivity contribution in [3.63, 3.8) is 0 Å². The molecule has 0 unspecified atom stereocenters. The van der Waals surface area contributed by atoms with Gasteiger partial charge >= 0.3 is 0 Å². The van der Waals surface area contributed by atoms with Crippen LogP contribution in [-0.2, 0) is 16.0 Å². The fraction of sp³-hybridized carbons (Fsp3) is 0.632. The molecule has 136 valence electrons. The quantitative estimate of drug-likeness (QED) is 0.774. The van der Waals surface area contributed by atoms with Gasteiger partial charge in [0.25, 0.3) is 0 Å². The first kappa shape index (κ1) is 18.1. The molecule has 0 radical (unpaired) electrons. The van der Waals surface area contributed by atoms with E-state index in [4.69, 9.17) is 0 Å². The van der Waals surface area contributed by atoms with E-state index in [1.54, 1.807) is 0 Å². The first-order chi connectivity index (χ1) is 11.8. The summed E-state index contributed by atoms with van der Waals surface area (Å²) in [5, 5.41) is 1.88. The van der Waals surface area contributed by atoms with E-state index in [-0.39, 0.29) is 29.1 Å². The van der Waals surface area contributed by atoms with Crippen LogP contribution in [0.15, 0.2) is 11.4 Å². The summed E-state index contributed by atoms with van der Waals surface area (Å²) in [7, 11) is 0. The Hall–Kier alpha value is -1.69. The molecule has 1 atom stereocenters. The number of ketones is 1. The van der Waals surface area contributed by atoms with Gasteiger partial charge in [0, 0.05) is 25.7 Å². The van der Waals surface area contributed by atoms with E-state index in [0.717, 1.165) is 31.4 Å². The Morgan fingerprint density at radius 1 is 1.28 bits per heavy atom. The molecule has 6 heteroatoms. The SMILES string of the molecule is CC(=O)c1cc(CC(=O)N2CC[C@@]3(CCCN(C(C)C)C3=O)C2)cs1. The standard InChI is InChI=1S/C19H26N2O3S/c1-13(2)21-7-4-5-19(18(21)24)6-8-20(12-19)17(23)10-15-9-16(14(3)22)25-11-15/h9,11,13H,4-8,10,12H2,1-3H3/t19-/m0/s1. The largest absolute Gasteiger partial charge is 0.341 e. The van der Waals surface area contributed by atoms with Gasteiger partial charge in [-0.2, -0.15) is 0 Å². The van der Waals surface area contributed by atoms with Crippen LogP contribution in [0.3, 0.4) is 0 Å². The number of nitrogens with zero attached hydrogens (tertiary/aromatic N) is 2. The number of carbonyl (C=O) groups excluding carboxylic acids is 3. The summed E-state index contributed by atoms with van der Waals surface area (Å²) < 4.78 is 0. The molecule has 1 aromatic rings. The topological polar surface area (TPSA) is 57.7 Å². The van der Waals surface area contributed by atoms with Crippen LogP contribution in [0.4, 0.5) is 0 Å². The van der Waals surface area contributed by atoms with E-state index >= 15 is 0 Å². The summed E-state index contributed by atoms with van der Waals surface area (Å²) in [5.41, 5.74) is 0.511. The third kappa shape index (κ3) is 3.50. The zero-order valence-electron chi connectivity index (χ0n) is 15.2. The number of hydrogen-bond acceptors (Lipinski definition) is 4. The number of thiophene rings is 1. The van der Waals surface area contributed by atoms with Crippen LogP contribution in [-0.4, -0.2) is 53.1 Å². The number of piperidine rings is 1. The van der Waals surface area contributed by atoms with Gasteiger partial charge in [-0.1, -0.05) is 0 Å². The van der Waals surface area contributed by atoms with E-state index in [0.29, 0.717) is 24.4 Å². The fourth-order valence-corrected chi connectivity index (χ4v) is 4.81. The van der Waals surface area contributed by atoms with Crippen LogP contribution in [0, 0.1) is 5.41 Å². The molecule has 25 heavy (non-hydrogen) atoms. The summed E-state index contributed by atoms with van der Waals surface area (Å²) in [6, 6.07) is 2.02. The number of Topliss-reactive ketones (excluding diaryl/α,β-unsaturated/α-hetero) is 1. The van der Waals surface area contributed by atoms with Gasteiger partial charge in [0.05, 0.1) is 16.7 Å². The predicted molar refractivity (Wildman–Crippen MR) is 97.7 cm³/mol. The van der Waals surface area contributed by atoms with E-state index in [2.05, 4.69) is 13.8 Å². The van der Waals surface area contributed by atoms with Gasteiger partial charge in [0.1, 0.15) is 0 Å². The third-order valence-corrected chi connectivity index (χ3v) is 6.53. The zero-order valence-corrected chi connectivity index (χ0v) is 16.0. The van der Waals surface area contributed by atoms with Crippen molar-refractivity contribution >= 4 is 28.9 Å². The molecule has 2 aliphatic heterocycles. The summed E-state index contributed by atoms with van der Waals surface area (Å²) in [6.07, 6.45) is 2.97. The molecular weight excluding hydrogens is 336 g/mol. The van der Waals surface area contributed by atoms with Crippen LogP contribution in [0.25, 0.3) is 0 Å². The van der Waals surface area contributed by atoms with Crippen molar-refractivity contribution in [1.29, 1.82) is 0 Å². The molecule has 5 nitrogen and oxygen atoms in total. The van der Waals surface area contributed by atoms with Crippen molar-refractivity contribution in [3.8, 4) is 0 Å². The minimum absolute atomic E-state index is 0.0328. The Bertz CT molecular complexity index is 697. The zero-order chi connectivity index (χ0) is 18.2. The highest BCUT2D eigenvalue weighted by Gasteiger charge is 2.49. The summed E-state index contributed by atoms with van der Waals surface area (Å²) >= 11 is 1.39. The Morgan fingerprint density at radius 2 is 2.04 bits per heavy atom. The van der Waals surface area contributed by atoms with Gasteiger partial charge in [-0.25, -0.2) is 0 Å². The number of amides is 2. The van der Waals surface area contributed by atoms with E-state index in [9.17, 15) is 14.4 Å². The van der Waals surface area contributed by atoms with Gasteiger partial charge in [0.15, 0.2) is 5.78 Å². The normalized spacial score (nSPS) is 23.8. The molecule has 2 saturated heterocycles. The molecule has 2 aliphatic rings. The summed E-state index contributed by atoms with van der Waals surface area (Å²) in [4.78, 5) is 41.5. The maximum Gasteiger partial charge on any atom is 0.230 e. The van der Waals surface area contributed by atoms with Crippen LogP contribution >= 0.6 is 11.3 Å². The predicted octanol–water partition coefficient (Wildman–Crippen LogP) is 2.74. The third-order valence-electron chi connectivity index (χ3n) is 5.45. The Morgan fingerprint density at radius 3 is 2.68 bits per heavy atom. The Kier molecular flexibility index (Phi) is 5.00. The lowest BCUT2D eigenvalue weighted by Gasteiger charge is -2.41. The monoisotopic (exact) mass is 362 g/mol. The maximum absolute atomic E-state index is 12.9. The lowest BCUT2D eigenvalue weighted by molar-refractivity contribution is -0.148. The molecule has 0 bridgehead atoms. The molecule has 0 aromatic carbocycles. The van der Waals surface area contributed by atoms with E-state index in [1.807, 2.05) is 21.2 Å². The molecule has 1 aromatic heterocycles. The van der Waals surface area contributed by atoms with Crippen LogP contribution in [0.1, 0.15) is 55.3 Å². The molecule has 0 aliphatic carbocycles. The van der Waals surface area contributed by atoms with Crippen molar-refractivity contribution < 1.29 is 14.4 Å². The van der Waals surface area contributed by atoms with Gasteiger partial charge < -0.3 is 9.80 Å². The molecule has 1 spiro atoms. The molecule has 3 heterocycles. The second kappa shape index (κ2) is 6.90.